The molecule has 0 unspecified atom stereocenters. The zero-order chi connectivity index (χ0) is 10.1. The van der Waals surface area contributed by atoms with Gasteiger partial charge in [-0.3, -0.25) is 0 Å². The number of rotatable bonds is 2. The Kier molecular flexibility index (Phi) is 6.29. The molecule has 0 radical (unpaired) electrons. The van der Waals surface area contributed by atoms with Crippen molar-refractivity contribution < 1.29 is 8.83 Å². The van der Waals surface area contributed by atoms with Crippen LogP contribution in [0.5, 0.6) is 0 Å². The summed E-state index contributed by atoms with van der Waals surface area (Å²) in [6.07, 6.45) is 0. The van der Waals surface area contributed by atoms with Gasteiger partial charge in [0.2, 0.25) is 0 Å². The van der Waals surface area contributed by atoms with Crippen molar-refractivity contribution in [2.75, 3.05) is 7.05 Å². The quantitative estimate of drug-likeness (QED) is 0.827. The van der Waals surface area contributed by atoms with E-state index in [-0.39, 0.29) is 20.3 Å². The van der Waals surface area contributed by atoms with Crippen molar-refractivity contribution in [2.45, 2.75) is 47.6 Å². The van der Waals surface area contributed by atoms with Crippen LogP contribution in [-0.2, 0) is 12.0 Å². The Morgan fingerprint density at radius 2 is 1.73 bits per heavy atom. The first-order valence-electron chi connectivity index (χ1n) is 4.23. The van der Waals surface area contributed by atoms with Crippen LogP contribution in [0.4, 0.5) is 0 Å². The predicted molar refractivity (Wildman–Crippen MR) is 62.2 cm³/mol. The fraction of sp³-hybridized carbons (Fsp3) is 0.727. The van der Waals surface area contributed by atoms with Gasteiger partial charge in [-0.25, -0.2) is 4.79 Å². The maximum atomic E-state index is 10.9. The normalized spacial score (nSPS) is 10.4. The fourth-order valence-electron chi connectivity index (χ4n) is 1.16. The van der Waals surface area contributed by atoms with E-state index in [0.29, 0.717) is 18.1 Å². The minimum Gasteiger partial charge on any atom is -0.395 e. The van der Waals surface area contributed by atoms with Crippen molar-refractivity contribution in [3.8, 4) is 0 Å². The molecule has 0 spiro atoms. The number of nitrogens with one attached hydrogen (secondary N) is 1. The molecule has 0 bridgehead atoms. The van der Waals surface area contributed by atoms with E-state index in [1.165, 1.54) is 0 Å². The third-order valence-electron chi connectivity index (χ3n) is 1.66. The first-order chi connectivity index (χ1) is 5.95. The lowest BCUT2D eigenvalue weighted by molar-refractivity contribution is 0.343. The molecule has 0 aliphatic rings. The molecule has 0 aliphatic carbocycles. The number of hydrogen-bond acceptors (Lipinski definition) is 4. The Bertz CT molecular complexity index is 330. The molecule has 0 saturated heterocycles. The molecule has 0 atom stereocenters. The predicted octanol–water partition coefficient (Wildman–Crippen LogP) is 2.52. The Labute approximate surface area is 91.7 Å². The summed E-state index contributed by atoms with van der Waals surface area (Å²) in [4.78, 5) is 10.9. The summed E-state index contributed by atoms with van der Waals surface area (Å²) in [5, 5.41) is 2.92. The highest BCUT2D eigenvalue weighted by molar-refractivity contribution is 5.13. The van der Waals surface area contributed by atoms with E-state index in [0.717, 1.165) is 0 Å². The smallest absolute Gasteiger partial charge is 0.395 e. The molecule has 1 heterocycles. The molecule has 90 valence electrons. The second kappa shape index (κ2) is 5.75. The maximum Gasteiger partial charge on any atom is 0.519 e. The molecule has 0 aliphatic heterocycles. The van der Waals surface area contributed by atoms with Gasteiger partial charge in [-0.15, -0.1) is 0 Å². The summed E-state index contributed by atoms with van der Waals surface area (Å²) < 4.78 is 9.87. The third kappa shape index (κ3) is 3.91. The summed E-state index contributed by atoms with van der Waals surface area (Å²) in [5.74, 6) is 0.571. The maximum absolute atomic E-state index is 10.9. The van der Waals surface area contributed by atoms with Crippen LogP contribution in [-0.4, -0.2) is 7.05 Å². The van der Waals surface area contributed by atoms with Crippen molar-refractivity contribution in [2.24, 2.45) is 0 Å². The van der Waals surface area contributed by atoms with Crippen LogP contribution in [0.15, 0.2) is 13.6 Å². The van der Waals surface area contributed by atoms with E-state index in [2.05, 4.69) is 5.32 Å². The Morgan fingerprint density at radius 3 is 2.13 bits per heavy atom. The van der Waals surface area contributed by atoms with Gasteiger partial charge in [0.15, 0.2) is 11.5 Å². The summed E-state index contributed by atoms with van der Waals surface area (Å²) in [5.41, 5.74) is -0.196. The van der Waals surface area contributed by atoms with Crippen LogP contribution in [0.2, 0.25) is 0 Å². The average Bonchev–Trinajstić information content (AvgIpc) is 2.30. The first kappa shape index (κ1) is 16.4. The largest absolute Gasteiger partial charge is 0.519 e. The second-order valence-corrected chi connectivity index (χ2v) is 3.99. The van der Waals surface area contributed by atoms with Crippen LogP contribution in [0.1, 0.15) is 47.1 Å². The van der Waals surface area contributed by atoms with Gasteiger partial charge >= 0.3 is 5.82 Å². The summed E-state index contributed by atoms with van der Waals surface area (Å²) in [7, 11) is 1.79. The Hall–Kier alpha value is -1.03. The molecule has 0 aromatic carbocycles. The molecule has 0 saturated carbocycles. The highest BCUT2D eigenvalue weighted by Gasteiger charge is 2.24. The monoisotopic (exact) mass is 217 g/mol. The van der Waals surface area contributed by atoms with Crippen molar-refractivity contribution in [1.82, 2.24) is 5.32 Å². The SMILES string of the molecule is C.C.CNCc1oc(=O)oc1C(C)(C)C. The van der Waals surface area contributed by atoms with Gasteiger partial charge in [-0.2, -0.15) is 0 Å². The summed E-state index contributed by atoms with van der Waals surface area (Å²) in [6, 6.07) is 0. The molecule has 15 heavy (non-hydrogen) atoms. The van der Waals surface area contributed by atoms with Crippen LogP contribution < -0.4 is 11.1 Å². The van der Waals surface area contributed by atoms with Crippen molar-refractivity contribution in [1.29, 1.82) is 0 Å². The van der Waals surface area contributed by atoms with Crippen molar-refractivity contribution in [3.63, 3.8) is 0 Å². The van der Waals surface area contributed by atoms with Crippen LogP contribution in [0.25, 0.3) is 0 Å². The lowest BCUT2D eigenvalue weighted by Crippen LogP contribution is -2.15. The highest BCUT2D eigenvalue weighted by atomic mass is 16.6. The molecule has 1 aromatic heterocycles. The second-order valence-electron chi connectivity index (χ2n) is 3.99. The van der Waals surface area contributed by atoms with Gasteiger partial charge in [0.1, 0.15) is 0 Å². The lowest BCUT2D eigenvalue weighted by Gasteiger charge is -2.14. The van der Waals surface area contributed by atoms with Gasteiger partial charge in [0, 0.05) is 5.41 Å². The summed E-state index contributed by atoms with van der Waals surface area (Å²) >= 11 is 0. The average molecular weight is 217 g/mol. The topological polar surface area (TPSA) is 55.4 Å². The van der Waals surface area contributed by atoms with E-state index >= 15 is 0 Å². The Morgan fingerprint density at radius 1 is 1.20 bits per heavy atom. The van der Waals surface area contributed by atoms with E-state index < -0.39 is 5.82 Å². The Balaban J connectivity index is 0. The van der Waals surface area contributed by atoms with Gasteiger partial charge in [0.25, 0.3) is 0 Å². The molecule has 4 heteroatoms. The van der Waals surface area contributed by atoms with Crippen LogP contribution >= 0.6 is 0 Å². The molecule has 1 rings (SSSR count). The zero-order valence-corrected chi connectivity index (χ0v) is 8.43. The van der Waals surface area contributed by atoms with Gasteiger partial charge < -0.3 is 14.2 Å². The molecule has 1 aromatic rings. The molecule has 0 amide bonds. The van der Waals surface area contributed by atoms with E-state index in [4.69, 9.17) is 8.83 Å². The highest BCUT2D eigenvalue weighted by Crippen LogP contribution is 2.24. The molecular formula is C11H23NO3. The lowest BCUT2D eigenvalue weighted by atomic mass is 9.92. The minimum atomic E-state index is -0.629. The van der Waals surface area contributed by atoms with Crippen LogP contribution in [0, 0.1) is 0 Å². The van der Waals surface area contributed by atoms with Crippen LogP contribution in [0.3, 0.4) is 0 Å². The van der Waals surface area contributed by atoms with Crippen molar-refractivity contribution >= 4 is 0 Å². The zero-order valence-electron chi connectivity index (χ0n) is 8.43. The van der Waals surface area contributed by atoms with Gasteiger partial charge in [-0.1, -0.05) is 35.6 Å². The molecule has 4 nitrogen and oxygen atoms in total. The third-order valence-corrected chi connectivity index (χ3v) is 1.66. The van der Waals surface area contributed by atoms with E-state index in [1.807, 2.05) is 20.8 Å². The van der Waals surface area contributed by atoms with Gasteiger partial charge in [-0.05, 0) is 7.05 Å². The van der Waals surface area contributed by atoms with E-state index in [1.54, 1.807) is 7.05 Å². The van der Waals surface area contributed by atoms with E-state index in [9.17, 15) is 4.79 Å². The molecule has 1 N–H and O–H groups in total. The molecular weight excluding hydrogens is 194 g/mol. The minimum absolute atomic E-state index is 0. The van der Waals surface area contributed by atoms with Crippen molar-refractivity contribution in [3.05, 3.63) is 22.1 Å². The standard InChI is InChI=1S/C9H15NO3.2CH4/c1-9(2,3)7-6(5-10-4)12-8(11)13-7;;/h10H,5H2,1-4H3;2*1H4. The summed E-state index contributed by atoms with van der Waals surface area (Å²) in [6.45, 7) is 6.43. The number of hydrogen-bond donors (Lipinski definition) is 1. The molecule has 0 fully saturated rings. The first-order valence-corrected chi connectivity index (χ1v) is 4.23. The fourth-order valence-corrected chi connectivity index (χ4v) is 1.16. The van der Waals surface area contributed by atoms with Gasteiger partial charge in [0.05, 0.1) is 6.54 Å².